The van der Waals surface area contributed by atoms with Crippen LogP contribution >= 0.6 is 0 Å². The predicted molar refractivity (Wildman–Crippen MR) is 105 cm³/mol. The zero-order valence-corrected chi connectivity index (χ0v) is 15.7. The molecule has 0 radical (unpaired) electrons. The maximum Gasteiger partial charge on any atom is 0.354 e. The molecule has 2 aromatic rings. The average Bonchev–Trinajstić information content (AvgIpc) is 2.65. The molecule has 1 fully saturated rings. The molecule has 0 saturated carbocycles. The molecule has 148 valence electrons. The maximum atomic E-state index is 11.7. The van der Waals surface area contributed by atoms with Gasteiger partial charge in [0.2, 0.25) is 17.5 Å². The van der Waals surface area contributed by atoms with E-state index >= 15 is 0 Å². The Kier molecular flexibility index (Phi) is 5.96. The highest BCUT2D eigenvalue weighted by Gasteiger charge is 2.25. The number of benzene rings is 1. The predicted octanol–water partition coefficient (Wildman–Crippen LogP) is 1.66. The molecule has 1 aromatic carbocycles. The van der Waals surface area contributed by atoms with Crippen LogP contribution in [0.25, 0.3) is 0 Å². The minimum atomic E-state index is -0.508. The van der Waals surface area contributed by atoms with Crippen molar-refractivity contribution in [2.75, 3.05) is 49.3 Å². The first-order valence-electron chi connectivity index (χ1n) is 8.76. The molecular weight excluding hydrogens is 364 g/mol. The molecule has 1 aromatic heterocycles. The number of piperazine rings is 1. The largest absolute Gasteiger partial charge is 0.354 e. The summed E-state index contributed by atoms with van der Waals surface area (Å²) in [4.78, 5) is 32.5. The molecule has 0 spiro atoms. The first-order valence-corrected chi connectivity index (χ1v) is 8.76. The fourth-order valence-electron chi connectivity index (χ4n) is 2.77. The monoisotopic (exact) mass is 386 g/mol. The third-order valence-electron chi connectivity index (χ3n) is 4.24. The standard InChI is InChI=1S/C17H22N8O3/c1-12(26)20-13-3-5-14(6-4-13)21-16-15(25(27)28)17(19-11-18-16)22-24-9-7-23(2)8-10-24/h3-6,11H,7-10H2,1-2H3,(H,20,26)(H2,18,19,21,22). The molecule has 1 amide bonds. The van der Waals surface area contributed by atoms with Crippen LogP contribution in [0.5, 0.6) is 0 Å². The van der Waals surface area contributed by atoms with Crippen molar-refractivity contribution in [2.45, 2.75) is 6.92 Å². The van der Waals surface area contributed by atoms with Gasteiger partial charge in [-0.2, -0.15) is 0 Å². The molecule has 1 saturated heterocycles. The van der Waals surface area contributed by atoms with Crippen molar-refractivity contribution in [3.63, 3.8) is 0 Å². The van der Waals surface area contributed by atoms with Crippen LogP contribution in [0.4, 0.5) is 28.7 Å². The van der Waals surface area contributed by atoms with Crippen LogP contribution in [0.1, 0.15) is 6.92 Å². The zero-order chi connectivity index (χ0) is 20.1. The number of hydrogen-bond acceptors (Lipinski definition) is 9. The van der Waals surface area contributed by atoms with E-state index in [4.69, 9.17) is 0 Å². The second-order valence-corrected chi connectivity index (χ2v) is 6.46. The van der Waals surface area contributed by atoms with Crippen molar-refractivity contribution in [1.82, 2.24) is 19.9 Å². The minimum Gasteiger partial charge on any atom is -0.334 e. The third-order valence-corrected chi connectivity index (χ3v) is 4.24. The lowest BCUT2D eigenvalue weighted by Crippen LogP contribution is -2.47. The van der Waals surface area contributed by atoms with Crippen molar-refractivity contribution < 1.29 is 9.72 Å². The van der Waals surface area contributed by atoms with Crippen LogP contribution in [0.2, 0.25) is 0 Å². The lowest BCUT2D eigenvalue weighted by atomic mass is 10.2. The van der Waals surface area contributed by atoms with E-state index in [0.29, 0.717) is 11.4 Å². The van der Waals surface area contributed by atoms with Gasteiger partial charge in [0.1, 0.15) is 6.33 Å². The molecule has 3 N–H and O–H groups in total. The molecule has 0 aliphatic carbocycles. The SMILES string of the molecule is CC(=O)Nc1ccc(Nc2ncnc(NN3CCN(C)CC3)c2[N+](=O)[O-])cc1. The summed E-state index contributed by atoms with van der Waals surface area (Å²) in [7, 11) is 2.03. The van der Waals surface area contributed by atoms with Crippen LogP contribution in [-0.2, 0) is 4.79 Å². The Morgan fingerprint density at radius 3 is 2.29 bits per heavy atom. The summed E-state index contributed by atoms with van der Waals surface area (Å²) in [5.41, 5.74) is 4.04. The van der Waals surface area contributed by atoms with E-state index in [1.807, 2.05) is 12.1 Å². The second-order valence-electron chi connectivity index (χ2n) is 6.46. The Bertz CT molecular complexity index is 850. The molecular formula is C17H22N8O3. The van der Waals surface area contributed by atoms with Gasteiger partial charge in [0, 0.05) is 44.5 Å². The van der Waals surface area contributed by atoms with E-state index in [1.165, 1.54) is 13.3 Å². The first kappa shape index (κ1) is 19.5. The third kappa shape index (κ3) is 4.90. The molecule has 0 unspecified atom stereocenters. The fourth-order valence-corrected chi connectivity index (χ4v) is 2.77. The molecule has 2 heterocycles. The van der Waals surface area contributed by atoms with Crippen molar-refractivity contribution in [1.29, 1.82) is 0 Å². The van der Waals surface area contributed by atoms with Gasteiger partial charge in [0.05, 0.1) is 4.92 Å². The van der Waals surface area contributed by atoms with Crippen molar-refractivity contribution >= 4 is 34.6 Å². The number of nitrogens with zero attached hydrogens (tertiary/aromatic N) is 5. The van der Waals surface area contributed by atoms with E-state index in [0.717, 1.165) is 26.2 Å². The highest BCUT2D eigenvalue weighted by atomic mass is 16.6. The fraction of sp³-hybridized carbons (Fsp3) is 0.353. The summed E-state index contributed by atoms with van der Waals surface area (Å²) in [6.45, 7) is 4.59. The van der Waals surface area contributed by atoms with E-state index in [-0.39, 0.29) is 23.2 Å². The molecule has 11 heteroatoms. The quantitative estimate of drug-likeness (QED) is 0.501. The summed E-state index contributed by atoms with van der Waals surface area (Å²) in [5, 5.41) is 19.2. The average molecular weight is 386 g/mol. The van der Waals surface area contributed by atoms with Gasteiger partial charge in [-0.25, -0.2) is 15.0 Å². The summed E-state index contributed by atoms with van der Waals surface area (Å²) in [5.74, 6) is 0.0533. The van der Waals surface area contributed by atoms with Gasteiger partial charge >= 0.3 is 5.69 Å². The Balaban J connectivity index is 1.79. The minimum absolute atomic E-state index is 0.0869. The molecule has 0 atom stereocenters. The molecule has 28 heavy (non-hydrogen) atoms. The number of nitro groups is 1. The highest BCUT2D eigenvalue weighted by Crippen LogP contribution is 2.31. The maximum absolute atomic E-state index is 11.7. The van der Waals surface area contributed by atoms with Gasteiger partial charge in [0.15, 0.2) is 0 Å². The number of nitrogens with one attached hydrogen (secondary N) is 3. The number of carbonyl (C=O) groups is 1. The van der Waals surface area contributed by atoms with E-state index in [2.05, 4.69) is 30.9 Å². The van der Waals surface area contributed by atoms with Crippen molar-refractivity contribution in [2.24, 2.45) is 0 Å². The van der Waals surface area contributed by atoms with Crippen molar-refractivity contribution in [3.8, 4) is 0 Å². The zero-order valence-electron chi connectivity index (χ0n) is 15.7. The Morgan fingerprint density at radius 1 is 1.07 bits per heavy atom. The molecule has 1 aliphatic heterocycles. The van der Waals surface area contributed by atoms with Gasteiger partial charge in [-0.1, -0.05) is 0 Å². The number of aromatic nitrogens is 2. The molecule has 1 aliphatic rings. The molecule has 3 rings (SSSR count). The van der Waals surface area contributed by atoms with Crippen LogP contribution in [0.15, 0.2) is 30.6 Å². The normalized spacial score (nSPS) is 15.1. The van der Waals surface area contributed by atoms with Gasteiger partial charge < -0.3 is 15.5 Å². The smallest absolute Gasteiger partial charge is 0.334 e. The molecule has 0 bridgehead atoms. The number of amides is 1. The second kappa shape index (κ2) is 8.59. The Morgan fingerprint density at radius 2 is 1.68 bits per heavy atom. The lowest BCUT2D eigenvalue weighted by molar-refractivity contribution is -0.383. The first-order chi connectivity index (χ1) is 13.4. The number of carbonyl (C=O) groups excluding carboxylic acids is 1. The summed E-state index contributed by atoms with van der Waals surface area (Å²) >= 11 is 0. The molecule has 11 nitrogen and oxygen atoms in total. The number of hydrazine groups is 1. The Labute approximate surface area is 161 Å². The Hall–Kier alpha value is -3.31. The summed E-state index contributed by atoms with van der Waals surface area (Å²) in [6, 6.07) is 6.79. The lowest BCUT2D eigenvalue weighted by Gasteiger charge is -2.32. The number of rotatable bonds is 6. The number of hydrogen-bond donors (Lipinski definition) is 3. The van der Waals surface area contributed by atoms with E-state index in [1.54, 1.807) is 24.3 Å². The summed E-state index contributed by atoms with van der Waals surface area (Å²) in [6.07, 6.45) is 1.28. The van der Waals surface area contributed by atoms with Gasteiger partial charge in [0.25, 0.3) is 0 Å². The van der Waals surface area contributed by atoms with Gasteiger partial charge in [-0.15, -0.1) is 0 Å². The van der Waals surface area contributed by atoms with E-state index in [9.17, 15) is 14.9 Å². The topological polar surface area (TPSA) is 129 Å². The number of likely N-dealkylation sites (N-methyl/N-ethyl adjacent to an activating group) is 1. The number of anilines is 4. The van der Waals surface area contributed by atoms with Crippen LogP contribution in [-0.4, -0.2) is 63.9 Å². The van der Waals surface area contributed by atoms with Crippen LogP contribution < -0.4 is 16.1 Å². The summed E-state index contributed by atoms with van der Waals surface area (Å²) < 4.78 is 0. The van der Waals surface area contributed by atoms with Crippen LogP contribution in [0, 0.1) is 10.1 Å². The van der Waals surface area contributed by atoms with E-state index < -0.39 is 4.92 Å². The van der Waals surface area contributed by atoms with Crippen LogP contribution in [0.3, 0.4) is 0 Å². The van der Waals surface area contributed by atoms with Gasteiger partial charge in [-0.05, 0) is 31.3 Å². The van der Waals surface area contributed by atoms with Gasteiger partial charge in [-0.3, -0.25) is 20.3 Å². The highest BCUT2D eigenvalue weighted by molar-refractivity contribution is 5.89. The van der Waals surface area contributed by atoms with Crippen molar-refractivity contribution in [3.05, 3.63) is 40.7 Å².